The molecule has 0 spiro atoms. The van der Waals surface area contributed by atoms with Gasteiger partial charge < -0.3 is 9.72 Å². The standard InChI is InChI=1S/C21H21N3O5/c1-11-6-5-7-15-19(11)22-10-24(21(15)28)8-17(27)29-9-16(26)20-12(2)18(14(4)25)13(3)23-20/h5-7,10,23H,8-9H2,1-4H3. The first kappa shape index (κ1) is 20.2. The van der Waals surface area contributed by atoms with Crippen LogP contribution in [0.5, 0.6) is 0 Å². The van der Waals surface area contributed by atoms with Crippen LogP contribution in [0.3, 0.4) is 0 Å². The summed E-state index contributed by atoms with van der Waals surface area (Å²) < 4.78 is 6.18. The maximum atomic E-state index is 12.5. The predicted molar refractivity (Wildman–Crippen MR) is 106 cm³/mol. The summed E-state index contributed by atoms with van der Waals surface area (Å²) >= 11 is 0. The van der Waals surface area contributed by atoms with Crippen LogP contribution in [0.25, 0.3) is 10.9 Å². The Labute approximate surface area is 166 Å². The monoisotopic (exact) mass is 395 g/mol. The maximum absolute atomic E-state index is 12.5. The third-order valence-corrected chi connectivity index (χ3v) is 4.79. The van der Waals surface area contributed by atoms with Crippen molar-refractivity contribution in [2.24, 2.45) is 0 Å². The number of hydrogen-bond acceptors (Lipinski definition) is 6. The van der Waals surface area contributed by atoms with E-state index in [1.54, 1.807) is 26.0 Å². The number of fused-ring (bicyclic) bond motifs is 1. The van der Waals surface area contributed by atoms with Crippen LogP contribution in [0.4, 0.5) is 0 Å². The largest absolute Gasteiger partial charge is 0.456 e. The molecule has 0 aliphatic carbocycles. The zero-order chi connectivity index (χ0) is 21.3. The molecule has 8 nitrogen and oxygen atoms in total. The van der Waals surface area contributed by atoms with Gasteiger partial charge in [0, 0.05) is 11.3 Å². The van der Waals surface area contributed by atoms with Crippen molar-refractivity contribution in [3.05, 3.63) is 63.0 Å². The van der Waals surface area contributed by atoms with E-state index < -0.39 is 18.4 Å². The number of rotatable bonds is 6. The molecule has 2 aromatic heterocycles. The number of benzene rings is 1. The Morgan fingerprint density at radius 3 is 2.55 bits per heavy atom. The molecule has 0 saturated heterocycles. The summed E-state index contributed by atoms with van der Waals surface area (Å²) in [6, 6.07) is 5.24. The van der Waals surface area contributed by atoms with Gasteiger partial charge in [-0.05, 0) is 44.9 Å². The molecule has 150 valence electrons. The molecule has 0 atom stereocenters. The van der Waals surface area contributed by atoms with Gasteiger partial charge in [0.15, 0.2) is 12.4 Å². The lowest BCUT2D eigenvalue weighted by Gasteiger charge is -2.08. The first-order valence-electron chi connectivity index (χ1n) is 9.04. The average Bonchev–Trinajstić information content (AvgIpc) is 2.97. The Bertz CT molecular complexity index is 1200. The molecule has 1 N–H and O–H groups in total. The number of ketones is 2. The predicted octanol–water partition coefficient (Wildman–Crippen LogP) is 2.28. The van der Waals surface area contributed by atoms with Crippen LogP contribution in [0.2, 0.25) is 0 Å². The second kappa shape index (κ2) is 7.83. The summed E-state index contributed by atoms with van der Waals surface area (Å²) in [7, 11) is 0. The van der Waals surface area contributed by atoms with Crippen molar-refractivity contribution in [1.29, 1.82) is 0 Å². The van der Waals surface area contributed by atoms with Gasteiger partial charge in [-0.25, -0.2) is 4.98 Å². The molecule has 2 heterocycles. The summed E-state index contributed by atoms with van der Waals surface area (Å²) in [6.07, 6.45) is 1.29. The van der Waals surface area contributed by atoms with Crippen LogP contribution in [0.15, 0.2) is 29.3 Å². The number of carbonyl (C=O) groups excluding carboxylic acids is 3. The summed E-state index contributed by atoms with van der Waals surface area (Å²) in [4.78, 5) is 55.9. The Kier molecular flexibility index (Phi) is 5.45. The number of para-hydroxylation sites is 1. The SMILES string of the molecule is CC(=O)c1c(C)[nH]c(C(=O)COC(=O)Cn2cnc3c(C)cccc3c2=O)c1C. The fourth-order valence-electron chi connectivity index (χ4n) is 3.41. The van der Waals surface area contributed by atoms with Gasteiger partial charge in [0.2, 0.25) is 5.78 Å². The van der Waals surface area contributed by atoms with E-state index in [0.717, 1.165) is 10.1 Å². The van der Waals surface area contributed by atoms with Crippen LogP contribution in [-0.4, -0.2) is 38.7 Å². The van der Waals surface area contributed by atoms with Gasteiger partial charge in [-0.15, -0.1) is 0 Å². The number of hydrogen-bond donors (Lipinski definition) is 1. The molecule has 0 amide bonds. The number of nitrogens with one attached hydrogen (secondary N) is 1. The van der Waals surface area contributed by atoms with E-state index in [1.165, 1.54) is 13.3 Å². The van der Waals surface area contributed by atoms with Gasteiger partial charge in [0.05, 0.1) is 22.9 Å². The molecule has 3 aromatic rings. The summed E-state index contributed by atoms with van der Waals surface area (Å²) in [5.74, 6) is -1.33. The number of nitrogens with zero attached hydrogens (tertiary/aromatic N) is 2. The Balaban J connectivity index is 1.71. The number of esters is 1. The molecule has 8 heteroatoms. The van der Waals surface area contributed by atoms with Crippen LogP contribution in [0, 0.1) is 20.8 Å². The van der Waals surface area contributed by atoms with Crippen LogP contribution in [0.1, 0.15) is 44.6 Å². The van der Waals surface area contributed by atoms with Crippen molar-refractivity contribution in [1.82, 2.24) is 14.5 Å². The summed E-state index contributed by atoms with van der Waals surface area (Å²) in [5.41, 5.74) is 2.90. The molecule has 0 fully saturated rings. The van der Waals surface area contributed by atoms with E-state index >= 15 is 0 Å². The van der Waals surface area contributed by atoms with E-state index in [1.807, 2.05) is 13.0 Å². The second-order valence-corrected chi connectivity index (χ2v) is 6.91. The Hall–Kier alpha value is -3.55. The van der Waals surface area contributed by atoms with Gasteiger partial charge in [-0.1, -0.05) is 12.1 Å². The number of aromatic amines is 1. The fourth-order valence-corrected chi connectivity index (χ4v) is 3.41. The molecule has 0 unspecified atom stereocenters. The van der Waals surface area contributed by atoms with Crippen LogP contribution >= 0.6 is 0 Å². The van der Waals surface area contributed by atoms with E-state index in [9.17, 15) is 19.2 Å². The minimum Gasteiger partial charge on any atom is -0.456 e. The van der Waals surface area contributed by atoms with E-state index in [2.05, 4.69) is 9.97 Å². The molecule has 0 radical (unpaired) electrons. The minimum atomic E-state index is -0.734. The number of Topliss-reactive ketones (excluding diaryl/α,β-unsaturated/α-hetero) is 2. The first-order valence-corrected chi connectivity index (χ1v) is 9.04. The second-order valence-electron chi connectivity index (χ2n) is 6.91. The smallest absolute Gasteiger partial charge is 0.326 e. The lowest BCUT2D eigenvalue weighted by atomic mass is 10.1. The molecule has 0 aliphatic heterocycles. The minimum absolute atomic E-state index is 0.147. The highest BCUT2D eigenvalue weighted by Crippen LogP contribution is 2.19. The summed E-state index contributed by atoms with van der Waals surface area (Å²) in [5, 5.41) is 0.408. The van der Waals surface area contributed by atoms with Crippen molar-refractivity contribution in [2.45, 2.75) is 34.2 Å². The number of aryl methyl sites for hydroxylation is 2. The van der Waals surface area contributed by atoms with Gasteiger partial charge in [0.25, 0.3) is 5.56 Å². The number of H-pyrrole nitrogens is 1. The molecular weight excluding hydrogens is 374 g/mol. The average molecular weight is 395 g/mol. The van der Waals surface area contributed by atoms with E-state index in [4.69, 9.17) is 4.74 Å². The first-order chi connectivity index (χ1) is 13.7. The van der Waals surface area contributed by atoms with Crippen molar-refractivity contribution < 1.29 is 19.1 Å². The van der Waals surface area contributed by atoms with E-state index in [0.29, 0.717) is 27.7 Å². The molecule has 0 saturated carbocycles. The lowest BCUT2D eigenvalue weighted by Crippen LogP contribution is -2.27. The fraction of sp³-hybridized carbons (Fsp3) is 0.286. The highest BCUT2D eigenvalue weighted by atomic mass is 16.5. The third-order valence-electron chi connectivity index (χ3n) is 4.79. The third kappa shape index (κ3) is 3.87. The van der Waals surface area contributed by atoms with Gasteiger partial charge in [0.1, 0.15) is 6.54 Å². The molecule has 0 bridgehead atoms. The molecular formula is C21H21N3O5. The topological polar surface area (TPSA) is 111 Å². The molecule has 3 rings (SSSR count). The quantitative estimate of drug-likeness (QED) is 0.506. The van der Waals surface area contributed by atoms with Crippen LogP contribution in [-0.2, 0) is 16.1 Å². The van der Waals surface area contributed by atoms with Gasteiger partial charge >= 0.3 is 5.97 Å². The number of ether oxygens (including phenoxy) is 1. The normalized spacial score (nSPS) is 10.9. The zero-order valence-corrected chi connectivity index (χ0v) is 16.7. The van der Waals surface area contributed by atoms with Crippen molar-refractivity contribution in [3.63, 3.8) is 0 Å². The highest BCUT2D eigenvalue weighted by molar-refractivity contribution is 6.04. The van der Waals surface area contributed by atoms with Gasteiger partial charge in [-0.2, -0.15) is 0 Å². The number of aromatic nitrogens is 3. The Morgan fingerprint density at radius 2 is 1.90 bits per heavy atom. The van der Waals surface area contributed by atoms with E-state index in [-0.39, 0.29) is 23.6 Å². The summed E-state index contributed by atoms with van der Waals surface area (Å²) in [6.45, 7) is 5.79. The maximum Gasteiger partial charge on any atom is 0.326 e. The molecule has 29 heavy (non-hydrogen) atoms. The van der Waals surface area contributed by atoms with Crippen molar-refractivity contribution in [2.75, 3.05) is 6.61 Å². The van der Waals surface area contributed by atoms with Crippen molar-refractivity contribution in [3.8, 4) is 0 Å². The van der Waals surface area contributed by atoms with Crippen LogP contribution < -0.4 is 5.56 Å². The van der Waals surface area contributed by atoms with Gasteiger partial charge in [-0.3, -0.25) is 23.7 Å². The van der Waals surface area contributed by atoms with Crippen molar-refractivity contribution >= 4 is 28.4 Å². The molecule has 0 aliphatic rings. The Morgan fingerprint density at radius 1 is 1.17 bits per heavy atom. The number of carbonyl (C=O) groups is 3. The highest BCUT2D eigenvalue weighted by Gasteiger charge is 2.21. The lowest BCUT2D eigenvalue weighted by molar-refractivity contribution is -0.143. The molecule has 1 aromatic carbocycles. The zero-order valence-electron chi connectivity index (χ0n) is 16.7.